The van der Waals surface area contributed by atoms with Gasteiger partial charge in [0.15, 0.2) is 0 Å². The van der Waals surface area contributed by atoms with E-state index in [4.69, 9.17) is 17.0 Å². The lowest BCUT2D eigenvalue weighted by atomic mass is 10.1. The van der Waals surface area contributed by atoms with Gasteiger partial charge in [0.25, 0.3) is 5.91 Å². The number of thioether (sulfide) groups is 1. The van der Waals surface area contributed by atoms with Crippen LogP contribution in [0.15, 0.2) is 29.2 Å². The third kappa shape index (κ3) is 4.92. The Bertz CT molecular complexity index is 653. The molecule has 4 nitrogen and oxygen atoms in total. The highest BCUT2D eigenvalue weighted by Gasteiger charge is 2.31. The molecule has 1 aliphatic rings. The van der Waals surface area contributed by atoms with E-state index in [1.807, 2.05) is 18.2 Å². The van der Waals surface area contributed by atoms with Gasteiger partial charge in [0.1, 0.15) is 4.32 Å². The van der Waals surface area contributed by atoms with Crippen molar-refractivity contribution in [2.75, 3.05) is 13.2 Å². The molecule has 0 aliphatic carbocycles. The number of rotatable bonds is 7. The van der Waals surface area contributed by atoms with Gasteiger partial charge in [-0.05, 0) is 37.0 Å². The lowest BCUT2D eigenvalue weighted by Gasteiger charge is -2.13. The van der Waals surface area contributed by atoms with Crippen LogP contribution in [0.3, 0.4) is 0 Å². The normalized spacial score (nSPS) is 16.1. The van der Waals surface area contributed by atoms with Crippen LogP contribution in [0.5, 0.6) is 0 Å². The number of carbonyl (C=O) groups is 2. The molecule has 0 unspecified atom stereocenters. The number of amides is 1. The van der Waals surface area contributed by atoms with Crippen molar-refractivity contribution in [1.29, 1.82) is 0 Å². The largest absolute Gasteiger partial charge is 0.466 e. The van der Waals surface area contributed by atoms with Crippen LogP contribution < -0.4 is 0 Å². The molecule has 1 aromatic rings. The highest BCUT2D eigenvalue weighted by atomic mass is 32.2. The van der Waals surface area contributed by atoms with Crippen molar-refractivity contribution >= 4 is 46.3 Å². The van der Waals surface area contributed by atoms with Crippen LogP contribution in [0.4, 0.5) is 0 Å². The molecule has 1 fully saturated rings. The van der Waals surface area contributed by atoms with E-state index in [1.165, 1.54) is 17.3 Å². The molecule has 0 aromatic heterocycles. The van der Waals surface area contributed by atoms with Crippen molar-refractivity contribution in [3.8, 4) is 0 Å². The average Bonchev–Trinajstić information content (AvgIpc) is 2.83. The van der Waals surface area contributed by atoms with Gasteiger partial charge in [0, 0.05) is 13.0 Å². The molecule has 0 bridgehead atoms. The third-order valence-corrected chi connectivity index (χ3v) is 5.01. The molecule has 2 rings (SSSR count). The molecule has 1 aromatic carbocycles. The zero-order valence-corrected chi connectivity index (χ0v) is 15.5. The van der Waals surface area contributed by atoms with E-state index < -0.39 is 0 Å². The van der Waals surface area contributed by atoms with Gasteiger partial charge in [-0.3, -0.25) is 14.5 Å². The minimum atomic E-state index is -0.241. The number of benzene rings is 1. The third-order valence-electron chi connectivity index (χ3n) is 3.63. The quantitative estimate of drug-likeness (QED) is 0.419. The number of thiocarbonyl (C=S) groups is 1. The summed E-state index contributed by atoms with van der Waals surface area (Å²) in [7, 11) is 0. The van der Waals surface area contributed by atoms with Crippen LogP contribution in [-0.4, -0.2) is 34.2 Å². The smallest absolute Gasteiger partial charge is 0.305 e. The van der Waals surface area contributed by atoms with Gasteiger partial charge in [-0.25, -0.2) is 0 Å². The first-order chi connectivity index (χ1) is 11.5. The zero-order valence-electron chi connectivity index (χ0n) is 13.9. The maximum atomic E-state index is 12.5. The van der Waals surface area contributed by atoms with E-state index >= 15 is 0 Å². The Hall–Kier alpha value is -1.66. The molecule has 128 valence electrons. The molecule has 0 saturated carbocycles. The molecule has 1 heterocycles. The number of nitrogens with zero attached hydrogens (tertiary/aromatic N) is 1. The molecule has 0 spiro atoms. The number of aryl methyl sites for hydroxylation is 1. The molecule has 1 aliphatic heterocycles. The van der Waals surface area contributed by atoms with Crippen LogP contribution in [0.25, 0.3) is 6.08 Å². The van der Waals surface area contributed by atoms with Crippen molar-refractivity contribution in [2.24, 2.45) is 0 Å². The number of hydrogen-bond acceptors (Lipinski definition) is 5. The number of hydrogen-bond donors (Lipinski definition) is 0. The predicted octanol–water partition coefficient (Wildman–Crippen LogP) is 3.79. The molecule has 1 amide bonds. The Labute approximate surface area is 152 Å². The second-order valence-corrected chi connectivity index (χ2v) is 7.01. The van der Waals surface area contributed by atoms with Gasteiger partial charge < -0.3 is 4.74 Å². The number of esters is 1. The lowest BCUT2D eigenvalue weighted by molar-refractivity contribution is -0.143. The van der Waals surface area contributed by atoms with Crippen LogP contribution >= 0.6 is 24.0 Å². The topological polar surface area (TPSA) is 46.6 Å². The summed E-state index contributed by atoms with van der Waals surface area (Å²) in [4.78, 5) is 26.0. The second-order valence-electron chi connectivity index (χ2n) is 5.34. The van der Waals surface area contributed by atoms with E-state index in [9.17, 15) is 9.59 Å². The van der Waals surface area contributed by atoms with Crippen molar-refractivity contribution in [2.45, 2.75) is 33.1 Å². The Morgan fingerprint density at radius 2 is 2.00 bits per heavy atom. The van der Waals surface area contributed by atoms with Crippen LogP contribution in [0.2, 0.25) is 0 Å². The van der Waals surface area contributed by atoms with Crippen molar-refractivity contribution < 1.29 is 14.3 Å². The lowest BCUT2D eigenvalue weighted by Crippen LogP contribution is -2.29. The van der Waals surface area contributed by atoms with Gasteiger partial charge in [-0.2, -0.15) is 0 Å². The van der Waals surface area contributed by atoms with Crippen LogP contribution in [-0.2, 0) is 20.7 Å². The molecule has 0 N–H and O–H groups in total. The summed E-state index contributed by atoms with van der Waals surface area (Å²) in [5.41, 5.74) is 2.25. The van der Waals surface area contributed by atoms with Crippen molar-refractivity contribution in [1.82, 2.24) is 4.90 Å². The summed E-state index contributed by atoms with van der Waals surface area (Å²) >= 11 is 6.60. The SMILES string of the molecule is CCOC(=O)CCCN1C(=O)/C(=C/c2ccc(CC)cc2)SC1=S. The Balaban J connectivity index is 1.97. The van der Waals surface area contributed by atoms with Gasteiger partial charge in [-0.15, -0.1) is 0 Å². The summed E-state index contributed by atoms with van der Waals surface area (Å²) in [6, 6.07) is 8.14. The van der Waals surface area contributed by atoms with Crippen molar-refractivity contribution in [3.63, 3.8) is 0 Å². The first-order valence-electron chi connectivity index (χ1n) is 8.05. The van der Waals surface area contributed by atoms with Gasteiger partial charge in [0.05, 0.1) is 11.5 Å². The molecular weight excluding hydrogens is 342 g/mol. The van der Waals surface area contributed by atoms with Crippen LogP contribution in [0, 0.1) is 0 Å². The molecule has 0 radical (unpaired) electrons. The van der Waals surface area contributed by atoms with Gasteiger partial charge >= 0.3 is 5.97 Å². The summed E-state index contributed by atoms with van der Waals surface area (Å²) < 4.78 is 5.43. The van der Waals surface area contributed by atoms with E-state index in [0.29, 0.717) is 35.2 Å². The monoisotopic (exact) mass is 363 g/mol. The molecule has 1 saturated heterocycles. The number of ether oxygens (including phenoxy) is 1. The minimum Gasteiger partial charge on any atom is -0.466 e. The fourth-order valence-corrected chi connectivity index (χ4v) is 3.62. The Kier molecular flexibility index (Phi) is 6.99. The fraction of sp³-hybridized carbons (Fsp3) is 0.389. The summed E-state index contributed by atoms with van der Waals surface area (Å²) in [5.74, 6) is -0.331. The minimum absolute atomic E-state index is 0.0894. The van der Waals surface area contributed by atoms with E-state index in [1.54, 1.807) is 11.8 Å². The summed E-state index contributed by atoms with van der Waals surface area (Å²) in [6.07, 6.45) is 3.69. The maximum absolute atomic E-state index is 12.5. The van der Waals surface area contributed by atoms with E-state index in [2.05, 4.69) is 19.1 Å². The molecule has 0 atom stereocenters. The maximum Gasteiger partial charge on any atom is 0.305 e. The van der Waals surface area contributed by atoms with Gasteiger partial charge in [0.2, 0.25) is 0 Å². The fourth-order valence-electron chi connectivity index (χ4n) is 2.31. The first-order valence-corrected chi connectivity index (χ1v) is 9.27. The van der Waals surface area contributed by atoms with E-state index in [-0.39, 0.29) is 11.9 Å². The molecule has 6 heteroatoms. The standard InChI is InChI=1S/C18H21NO3S2/c1-3-13-7-9-14(10-8-13)12-15-17(21)19(18(23)24-15)11-5-6-16(20)22-4-2/h7-10,12H,3-6,11H2,1-2H3/b15-12-. The molecular formula is C18H21NO3S2. The molecule has 24 heavy (non-hydrogen) atoms. The highest BCUT2D eigenvalue weighted by Crippen LogP contribution is 2.32. The van der Waals surface area contributed by atoms with Gasteiger partial charge in [-0.1, -0.05) is 55.2 Å². The Morgan fingerprint density at radius 3 is 2.62 bits per heavy atom. The van der Waals surface area contributed by atoms with Crippen LogP contribution in [0.1, 0.15) is 37.8 Å². The first kappa shape index (κ1) is 18.7. The number of carbonyl (C=O) groups excluding carboxylic acids is 2. The highest BCUT2D eigenvalue weighted by molar-refractivity contribution is 8.26. The summed E-state index contributed by atoms with van der Waals surface area (Å²) in [5, 5.41) is 0. The zero-order chi connectivity index (χ0) is 17.5. The van der Waals surface area contributed by atoms with Crippen molar-refractivity contribution in [3.05, 3.63) is 40.3 Å². The van der Waals surface area contributed by atoms with E-state index in [0.717, 1.165) is 12.0 Å². The summed E-state index contributed by atoms with van der Waals surface area (Å²) in [6.45, 7) is 4.70. The predicted molar refractivity (Wildman–Crippen MR) is 102 cm³/mol. The Morgan fingerprint density at radius 1 is 1.29 bits per heavy atom. The second kappa shape index (κ2) is 8.99. The average molecular weight is 364 g/mol.